The minimum atomic E-state index is -3.29. The molecule has 1 aliphatic heterocycles. The lowest BCUT2D eigenvalue weighted by molar-refractivity contribution is -0.125. The minimum Gasteiger partial charge on any atom is -0.353 e. The lowest BCUT2D eigenvalue weighted by Crippen LogP contribution is -2.41. The largest absolute Gasteiger partial charge is 0.353 e. The predicted molar refractivity (Wildman–Crippen MR) is 93.6 cm³/mol. The number of nitrogens with one attached hydrogen (secondary N) is 1. The summed E-state index contributed by atoms with van der Waals surface area (Å²) in [5.41, 5.74) is -0.518. The van der Waals surface area contributed by atoms with E-state index in [1.165, 1.54) is 10.6 Å². The van der Waals surface area contributed by atoms with E-state index in [1.807, 2.05) is 12.2 Å². The molecule has 0 spiro atoms. The first-order valence-corrected chi connectivity index (χ1v) is 10.8. The van der Waals surface area contributed by atoms with Gasteiger partial charge in [-0.05, 0) is 38.5 Å². The van der Waals surface area contributed by atoms with Gasteiger partial charge >= 0.3 is 0 Å². The van der Waals surface area contributed by atoms with Gasteiger partial charge in [-0.25, -0.2) is 12.7 Å². The highest BCUT2D eigenvalue weighted by molar-refractivity contribution is 7.88. The average molecular weight is 380 g/mol. The molecule has 2 aliphatic carbocycles. The van der Waals surface area contributed by atoms with Crippen LogP contribution in [0, 0.1) is 18.8 Å². The molecule has 1 aromatic rings. The van der Waals surface area contributed by atoms with E-state index in [1.54, 1.807) is 6.92 Å². The van der Waals surface area contributed by atoms with E-state index < -0.39 is 15.4 Å². The minimum absolute atomic E-state index is 0.00187. The van der Waals surface area contributed by atoms with Crippen molar-refractivity contribution in [3.8, 4) is 0 Å². The van der Waals surface area contributed by atoms with Crippen LogP contribution in [0.2, 0.25) is 0 Å². The zero-order valence-corrected chi connectivity index (χ0v) is 15.8. The van der Waals surface area contributed by atoms with Crippen LogP contribution in [-0.4, -0.2) is 54.2 Å². The number of hydrogen-bond acceptors (Lipinski definition) is 6. The zero-order chi connectivity index (χ0) is 18.5. The van der Waals surface area contributed by atoms with Crippen molar-refractivity contribution in [1.82, 2.24) is 19.8 Å². The van der Waals surface area contributed by atoms with Crippen molar-refractivity contribution in [2.45, 2.75) is 44.1 Å². The number of carbonyl (C=O) groups excluding carboxylic acids is 1. The second kappa shape index (κ2) is 6.16. The number of nitrogens with zero attached hydrogens (tertiary/aromatic N) is 3. The molecule has 1 saturated carbocycles. The molecule has 142 valence electrons. The highest BCUT2D eigenvalue weighted by atomic mass is 32.2. The fourth-order valence-corrected chi connectivity index (χ4v) is 5.58. The van der Waals surface area contributed by atoms with E-state index in [0.717, 1.165) is 19.3 Å². The Balaban J connectivity index is 1.56. The van der Waals surface area contributed by atoms with Gasteiger partial charge in [-0.3, -0.25) is 4.79 Å². The topological polar surface area (TPSA) is 105 Å². The zero-order valence-electron chi connectivity index (χ0n) is 15.0. The van der Waals surface area contributed by atoms with Crippen LogP contribution in [-0.2, 0) is 20.2 Å². The SMILES string of the molecule is Cc1noc([C@]23C[C@H](NC(=O)C4CC=CC4)C[C@H]2CN(S(C)(=O)=O)C3)n1. The molecule has 3 atom stereocenters. The third kappa shape index (κ3) is 2.96. The monoisotopic (exact) mass is 380 g/mol. The second-order valence-corrected chi connectivity index (χ2v) is 9.82. The van der Waals surface area contributed by atoms with E-state index in [0.29, 0.717) is 31.2 Å². The summed E-state index contributed by atoms with van der Waals surface area (Å²) in [6.07, 6.45) is 8.24. The lowest BCUT2D eigenvalue weighted by Gasteiger charge is -2.25. The van der Waals surface area contributed by atoms with Crippen molar-refractivity contribution in [2.24, 2.45) is 11.8 Å². The highest BCUT2D eigenvalue weighted by Crippen LogP contribution is 2.50. The molecule has 1 amide bonds. The normalized spacial score (nSPS) is 32.2. The van der Waals surface area contributed by atoms with Gasteiger partial charge < -0.3 is 9.84 Å². The summed E-state index contributed by atoms with van der Waals surface area (Å²) in [6.45, 7) is 2.51. The third-order valence-corrected chi connectivity index (χ3v) is 7.21. The molecule has 2 fully saturated rings. The Morgan fingerprint density at radius 1 is 1.38 bits per heavy atom. The fraction of sp³-hybridized carbons (Fsp3) is 0.706. The van der Waals surface area contributed by atoms with E-state index in [9.17, 15) is 13.2 Å². The van der Waals surface area contributed by atoms with Gasteiger partial charge in [0.1, 0.15) is 0 Å². The molecule has 0 aromatic carbocycles. The van der Waals surface area contributed by atoms with Gasteiger partial charge in [0.15, 0.2) is 5.82 Å². The molecule has 0 radical (unpaired) electrons. The number of aromatic nitrogens is 2. The van der Waals surface area contributed by atoms with E-state index >= 15 is 0 Å². The molecule has 1 N–H and O–H groups in total. The smallest absolute Gasteiger partial charge is 0.234 e. The van der Waals surface area contributed by atoms with Gasteiger partial charge in [-0.1, -0.05) is 17.3 Å². The Bertz CT molecular complexity index is 841. The van der Waals surface area contributed by atoms with Crippen LogP contribution in [0.25, 0.3) is 0 Å². The molecular weight excluding hydrogens is 356 g/mol. The van der Waals surface area contributed by atoms with Crippen molar-refractivity contribution in [1.29, 1.82) is 0 Å². The molecule has 1 aromatic heterocycles. The number of amides is 1. The Morgan fingerprint density at radius 2 is 2.12 bits per heavy atom. The van der Waals surface area contributed by atoms with Crippen LogP contribution in [0.15, 0.2) is 16.7 Å². The number of fused-ring (bicyclic) bond motifs is 1. The maximum atomic E-state index is 12.5. The quantitative estimate of drug-likeness (QED) is 0.773. The van der Waals surface area contributed by atoms with E-state index in [-0.39, 0.29) is 23.8 Å². The molecule has 8 nitrogen and oxygen atoms in total. The van der Waals surface area contributed by atoms with Gasteiger partial charge in [0.2, 0.25) is 21.8 Å². The van der Waals surface area contributed by atoms with Crippen LogP contribution in [0.1, 0.15) is 37.4 Å². The lowest BCUT2D eigenvalue weighted by atomic mass is 9.80. The number of carbonyl (C=O) groups is 1. The molecule has 2 heterocycles. The fourth-order valence-electron chi connectivity index (χ4n) is 4.67. The first-order valence-electron chi connectivity index (χ1n) is 8.99. The first-order chi connectivity index (χ1) is 12.3. The molecule has 26 heavy (non-hydrogen) atoms. The number of hydrogen-bond donors (Lipinski definition) is 1. The summed E-state index contributed by atoms with van der Waals surface area (Å²) >= 11 is 0. The van der Waals surface area contributed by atoms with Gasteiger partial charge in [0.05, 0.1) is 11.7 Å². The summed E-state index contributed by atoms with van der Waals surface area (Å²) in [5.74, 6) is 1.19. The maximum Gasteiger partial charge on any atom is 0.234 e. The molecular formula is C17H24N4O4S. The average Bonchev–Trinajstić information content (AvgIpc) is 3.28. The number of allylic oxidation sites excluding steroid dienone is 2. The third-order valence-electron chi connectivity index (χ3n) is 5.99. The van der Waals surface area contributed by atoms with Crippen LogP contribution in [0.3, 0.4) is 0 Å². The van der Waals surface area contributed by atoms with Gasteiger partial charge in [-0.2, -0.15) is 4.98 Å². The molecule has 3 aliphatic rings. The van der Waals surface area contributed by atoms with Gasteiger partial charge in [0.25, 0.3) is 0 Å². The van der Waals surface area contributed by atoms with Gasteiger partial charge in [-0.15, -0.1) is 0 Å². The van der Waals surface area contributed by atoms with Crippen molar-refractivity contribution >= 4 is 15.9 Å². The first kappa shape index (κ1) is 17.7. The number of aryl methyl sites for hydroxylation is 1. The van der Waals surface area contributed by atoms with Crippen LogP contribution in [0.5, 0.6) is 0 Å². The summed E-state index contributed by atoms with van der Waals surface area (Å²) in [6, 6.07) is 0.00187. The van der Waals surface area contributed by atoms with Crippen molar-refractivity contribution in [2.75, 3.05) is 19.3 Å². The Labute approximate surface area is 153 Å². The molecule has 0 bridgehead atoms. The van der Waals surface area contributed by atoms with E-state index in [2.05, 4.69) is 15.5 Å². The Morgan fingerprint density at radius 3 is 2.73 bits per heavy atom. The molecule has 1 saturated heterocycles. The molecule has 4 rings (SSSR count). The second-order valence-electron chi connectivity index (χ2n) is 7.84. The van der Waals surface area contributed by atoms with Crippen LogP contribution >= 0.6 is 0 Å². The predicted octanol–water partition coefficient (Wildman–Crippen LogP) is 0.752. The van der Waals surface area contributed by atoms with Crippen LogP contribution < -0.4 is 5.32 Å². The van der Waals surface area contributed by atoms with Crippen LogP contribution in [0.4, 0.5) is 0 Å². The van der Waals surface area contributed by atoms with Crippen molar-refractivity contribution in [3.63, 3.8) is 0 Å². The maximum absolute atomic E-state index is 12.5. The van der Waals surface area contributed by atoms with Crippen molar-refractivity contribution in [3.05, 3.63) is 23.9 Å². The Kier molecular flexibility index (Phi) is 4.18. The standard InChI is InChI=1S/C17H24N4O4S/c1-11-18-16(25-20-11)17-8-14(19-15(22)12-5-3-4-6-12)7-13(17)9-21(10-17)26(2,23)24/h3-4,12-14H,5-10H2,1-2H3,(H,19,22)/t13-,14+,17-/m0/s1. The summed E-state index contributed by atoms with van der Waals surface area (Å²) in [5, 5.41) is 7.07. The van der Waals surface area contributed by atoms with Gasteiger partial charge in [0, 0.05) is 25.0 Å². The van der Waals surface area contributed by atoms with Crippen molar-refractivity contribution < 1.29 is 17.7 Å². The molecule has 0 unspecified atom stereocenters. The van der Waals surface area contributed by atoms with E-state index in [4.69, 9.17) is 4.52 Å². The Hall–Kier alpha value is -1.74. The number of sulfonamides is 1. The highest BCUT2D eigenvalue weighted by Gasteiger charge is 2.59. The summed E-state index contributed by atoms with van der Waals surface area (Å²) in [4.78, 5) is 16.9. The summed E-state index contributed by atoms with van der Waals surface area (Å²) in [7, 11) is -3.29. The summed E-state index contributed by atoms with van der Waals surface area (Å²) < 4.78 is 31.1. The number of rotatable bonds is 4. The molecule has 9 heteroatoms.